The van der Waals surface area contributed by atoms with E-state index < -0.39 is 0 Å². The van der Waals surface area contributed by atoms with E-state index in [1.54, 1.807) is 11.3 Å². The summed E-state index contributed by atoms with van der Waals surface area (Å²) in [6.45, 7) is 0.981. The summed E-state index contributed by atoms with van der Waals surface area (Å²) < 4.78 is 0. The Balaban J connectivity index is 1.72. The average molecular weight is 349 g/mol. The van der Waals surface area contributed by atoms with Gasteiger partial charge in [0.15, 0.2) is 5.13 Å². The Labute approximate surface area is 154 Å². The van der Waals surface area contributed by atoms with Crippen molar-refractivity contribution in [3.8, 4) is 0 Å². The van der Waals surface area contributed by atoms with Crippen LogP contribution in [0.15, 0.2) is 72.2 Å². The Bertz CT molecular complexity index is 723. The summed E-state index contributed by atoms with van der Waals surface area (Å²) in [5.41, 5.74) is 3.10. The number of hydrogen-bond donors (Lipinski definition) is 1. The molecule has 3 aromatic rings. The van der Waals surface area contributed by atoms with E-state index in [9.17, 15) is 0 Å². The van der Waals surface area contributed by atoms with Gasteiger partial charge in [0.25, 0.3) is 0 Å². The molecular formula is C22H24N2S. The van der Waals surface area contributed by atoms with Gasteiger partial charge >= 0.3 is 0 Å². The molecule has 0 aliphatic heterocycles. The van der Waals surface area contributed by atoms with Gasteiger partial charge in [-0.25, -0.2) is 4.98 Å². The van der Waals surface area contributed by atoms with Gasteiger partial charge in [0, 0.05) is 24.0 Å². The summed E-state index contributed by atoms with van der Waals surface area (Å²) in [5, 5.41) is 6.71. The highest BCUT2D eigenvalue weighted by Crippen LogP contribution is 2.51. The molecule has 0 spiro atoms. The third kappa shape index (κ3) is 3.47. The second kappa shape index (κ2) is 7.40. The van der Waals surface area contributed by atoms with Crippen LogP contribution in [-0.4, -0.2) is 11.5 Å². The molecule has 0 saturated heterocycles. The minimum Gasteiger partial charge on any atom is -0.361 e. The summed E-state index contributed by atoms with van der Waals surface area (Å²) in [6.07, 6.45) is 7.03. The lowest BCUT2D eigenvalue weighted by Gasteiger charge is -2.39. The Morgan fingerprint density at radius 2 is 1.52 bits per heavy atom. The van der Waals surface area contributed by atoms with Crippen LogP contribution in [0.3, 0.4) is 0 Å². The molecule has 2 aromatic carbocycles. The maximum atomic E-state index is 4.42. The van der Waals surface area contributed by atoms with Crippen LogP contribution in [0.1, 0.15) is 42.7 Å². The van der Waals surface area contributed by atoms with Crippen molar-refractivity contribution in [1.82, 2.24) is 4.98 Å². The Morgan fingerprint density at radius 3 is 2.04 bits per heavy atom. The first-order valence-electron chi connectivity index (χ1n) is 9.11. The molecule has 1 N–H and O–H groups in total. The average Bonchev–Trinajstić information content (AvgIpc) is 3.35. The van der Waals surface area contributed by atoms with Gasteiger partial charge in [-0.05, 0) is 29.4 Å². The number of thiazole rings is 1. The molecule has 1 aromatic heterocycles. The van der Waals surface area contributed by atoms with E-state index in [-0.39, 0.29) is 5.41 Å². The molecule has 3 heteroatoms. The molecule has 0 bridgehead atoms. The lowest BCUT2D eigenvalue weighted by Crippen LogP contribution is -2.34. The summed E-state index contributed by atoms with van der Waals surface area (Å²) in [6, 6.07) is 22.1. The SMILES string of the molecule is c1ccc(C(c2ccccc2)C2(CNc3nccs3)CCCC2)cc1. The van der Waals surface area contributed by atoms with Crippen LogP contribution in [0.25, 0.3) is 0 Å². The summed E-state index contributed by atoms with van der Waals surface area (Å²) >= 11 is 1.69. The van der Waals surface area contributed by atoms with Crippen LogP contribution >= 0.6 is 11.3 Å². The number of hydrogen-bond acceptors (Lipinski definition) is 3. The van der Waals surface area contributed by atoms with Gasteiger partial charge in [0.05, 0.1) is 0 Å². The minimum atomic E-state index is 0.244. The molecule has 1 aliphatic carbocycles. The first-order chi connectivity index (χ1) is 12.4. The van der Waals surface area contributed by atoms with Crippen molar-refractivity contribution in [1.29, 1.82) is 0 Å². The molecule has 0 amide bonds. The quantitative estimate of drug-likeness (QED) is 0.595. The van der Waals surface area contributed by atoms with Crippen LogP contribution in [0.4, 0.5) is 5.13 Å². The third-order valence-corrected chi connectivity index (χ3v) is 6.23. The van der Waals surface area contributed by atoms with Crippen molar-refractivity contribution in [2.45, 2.75) is 31.6 Å². The van der Waals surface area contributed by atoms with Crippen LogP contribution in [-0.2, 0) is 0 Å². The van der Waals surface area contributed by atoms with Crippen molar-refractivity contribution >= 4 is 16.5 Å². The van der Waals surface area contributed by atoms with E-state index in [2.05, 4.69) is 71.0 Å². The molecule has 1 saturated carbocycles. The zero-order valence-electron chi connectivity index (χ0n) is 14.4. The van der Waals surface area contributed by atoms with Gasteiger partial charge in [0.2, 0.25) is 0 Å². The van der Waals surface area contributed by atoms with E-state index >= 15 is 0 Å². The second-order valence-corrected chi connectivity index (χ2v) is 7.91. The summed E-state index contributed by atoms with van der Waals surface area (Å²) in [5.74, 6) is 0.421. The highest BCUT2D eigenvalue weighted by molar-refractivity contribution is 7.13. The summed E-state index contributed by atoms with van der Waals surface area (Å²) in [7, 11) is 0. The van der Waals surface area contributed by atoms with Gasteiger partial charge in [-0.15, -0.1) is 11.3 Å². The Kier molecular flexibility index (Phi) is 4.84. The van der Waals surface area contributed by atoms with Crippen LogP contribution in [0.5, 0.6) is 0 Å². The first-order valence-corrected chi connectivity index (χ1v) is 9.99. The molecule has 2 nitrogen and oxygen atoms in total. The lowest BCUT2D eigenvalue weighted by molar-refractivity contribution is 0.276. The molecule has 1 fully saturated rings. The third-order valence-electron chi connectivity index (χ3n) is 5.50. The fraction of sp³-hybridized carbons (Fsp3) is 0.318. The van der Waals surface area contributed by atoms with Crippen molar-refractivity contribution in [3.63, 3.8) is 0 Å². The van der Waals surface area contributed by atoms with E-state index in [0.717, 1.165) is 11.7 Å². The molecule has 1 aliphatic rings. The topological polar surface area (TPSA) is 24.9 Å². The van der Waals surface area contributed by atoms with Crippen LogP contribution in [0, 0.1) is 5.41 Å². The highest BCUT2D eigenvalue weighted by Gasteiger charge is 2.42. The number of aromatic nitrogens is 1. The minimum absolute atomic E-state index is 0.244. The molecule has 1 heterocycles. The Morgan fingerprint density at radius 1 is 0.920 bits per heavy atom. The van der Waals surface area contributed by atoms with E-state index in [1.165, 1.54) is 36.8 Å². The zero-order chi connectivity index (χ0) is 17.0. The van der Waals surface area contributed by atoms with E-state index in [0.29, 0.717) is 5.92 Å². The molecule has 4 rings (SSSR count). The number of anilines is 1. The maximum Gasteiger partial charge on any atom is 0.182 e. The lowest BCUT2D eigenvalue weighted by atomic mass is 9.67. The smallest absolute Gasteiger partial charge is 0.182 e. The predicted molar refractivity (Wildman–Crippen MR) is 106 cm³/mol. The number of nitrogens with one attached hydrogen (secondary N) is 1. The zero-order valence-corrected chi connectivity index (χ0v) is 15.2. The molecule has 25 heavy (non-hydrogen) atoms. The largest absolute Gasteiger partial charge is 0.361 e. The Hall–Kier alpha value is -2.13. The van der Waals surface area contributed by atoms with Gasteiger partial charge < -0.3 is 5.32 Å². The molecule has 0 radical (unpaired) electrons. The molecule has 128 valence electrons. The number of benzene rings is 2. The standard InChI is InChI=1S/C22H24N2S/c1-3-9-18(10-4-1)20(19-11-5-2-6-12-19)22(13-7-8-14-22)17-24-21-23-15-16-25-21/h1-6,9-12,15-16,20H,7-8,13-14,17H2,(H,23,24). The van der Waals surface area contributed by atoms with Gasteiger partial charge in [-0.2, -0.15) is 0 Å². The normalized spacial score (nSPS) is 16.2. The maximum absolute atomic E-state index is 4.42. The first kappa shape index (κ1) is 16.3. The molecule has 0 unspecified atom stereocenters. The fourth-order valence-corrected chi connectivity index (χ4v) is 4.93. The van der Waals surface area contributed by atoms with Gasteiger partial charge in [-0.1, -0.05) is 73.5 Å². The monoisotopic (exact) mass is 348 g/mol. The van der Waals surface area contributed by atoms with Crippen molar-refractivity contribution in [2.75, 3.05) is 11.9 Å². The number of nitrogens with zero attached hydrogens (tertiary/aromatic N) is 1. The predicted octanol–water partition coefficient (Wildman–Crippen LogP) is 5.95. The molecule has 0 atom stereocenters. The fourth-order valence-electron chi connectivity index (χ4n) is 4.40. The number of rotatable bonds is 6. The van der Waals surface area contributed by atoms with Crippen LogP contribution < -0.4 is 5.32 Å². The molecular weight excluding hydrogens is 324 g/mol. The highest BCUT2D eigenvalue weighted by atomic mass is 32.1. The van der Waals surface area contributed by atoms with Crippen LogP contribution in [0.2, 0.25) is 0 Å². The summed E-state index contributed by atoms with van der Waals surface area (Å²) in [4.78, 5) is 4.42. The van der Waals surface area contributed by atoms with E-state index in [1.807, 2.05) is 11.6 Å². The van der Waals surface area contributed by atoms with Crippen molar-refractivity contribution in [2.24, 2.45) is 5.41 Å². The second-order valence-electron chi connectivity index (χ2n) is 7.01. The van der Waals surface area contributed by atoms with Crippen molar-refractivity contribution < 1.29 is 0 Å². The van der Waals surface area contributed by atoms with Crippen molar-refractivity contribution in [3.05, 3.63) is 83.4 Å². The van der Waals surface area contributed by atoms with Gasteiger partial charge in [-0.3, -0.25) is 0 Å². The van der Waals surface area contributed by atoms with E-state index in [4.69, 9.17) is 0 Å². The van der Waals surface area contributed by atoms with Gasteiger partial charge in [0.1, 0.15) is 0 Å².